The van der Waals surface area contributed by atoms with E-state index in [1.165, 1.54) is 44.9 Å². The van der Waals surface area contributed by atoms with Gasteiger partial charge in [-0.15, -0.1) is 0 Å². The van der Waals surface area contributed by atoms with E-state index in [2.05, 4.69) is 25.4 Å². The first-order valence-corrected chi connectivity index (χ1v) is 7.83. The predicted octanol–water partition coefficient (Wildman–Crippen LogP) is 3.83. The first-order chi connectivity index (χ1) is 7.26. The average molecular weight is 229 g/mol. The molecule has 1 fully saturated rings. The molecule has 0 aromatic carbocycles. The zero-order chi connectivity index (χ0) is 11.1. The van der Waals surface area contributed by atoms with E-state index >= 15 is 0 Å². The predicted molar refractivity (Wildman–Crippen MR) is 71.7 cm³/mol. The Morgan fingerprint density at radius 1 is 1.33 bits per heavy atom. The molecule has 3 atom stereocenters. The number of unbranched alkanes of at least 4 members (excludes halogenated alkanes) is 2. The monoisotopic (exact) mass is 229 g/mol. The Balaban J connectivity index is 2.07. The molecule has 0 amide bonds. The van der Waals surface area contributed by atoms with Crippen molar-refractivity contribution in [3.05, 3.63) is 0 Å². The minimum absolute atomic E-state index is 0.724. The molecule has 90 valence electrons. The SMILES string of the molecule is CCCCCC(C)NC1CCC(SC)C1. The van der Waals surface area contributed by atoms with Gasteiger partial charge in [0, 0.05) is 17.3 Å². The molecule has 0 bridgehead atoms. The molecule has 1 aliphatic carbocycles. The summed E-state index contributed by atoms with van der Waals surface area (Å²) in [4.78, 5) is 0. The van der Waals surface area contributed by atoms with Gasteiger partial charge in [-0.3, -0.25) is 0 Å². The first kappa shape index (κ1) is 13.4. The summed E-state index contributed by atoms with van der Waals surface area (Å²) < 4.78 is 0. The zero-order valence-electron chi connectivity index (χ0n) is 10.6. The van der Waals surface area contributed by atoms with Crippen LogP contribution in [0.2, 0.25) is 0 Å². The molecule has 2 heteroatoms. The van der Waals surface area contributed by atoms with Gasteiger partial charge in [-0.2, -0.15) is 11.8 Å². The molecular formula is C13H27NS. The van der Waals surface area contributed by atoms with Crippen molar-refractivity contribution in [2.45, 2.75) is 76.1 Å². The van der Waals surface area contributed by atoms with Gasteiger partial charge in [0.1, 0.15) is 0 Å². The Morgan fingerprint density at radius 2 is 2.13 bits per heavy atom. The largest absolute Gasteiger partial charge is 0.311 e. The van der Waals surface area contributed by atoms with Gasteiger partial charge in [0.25, 0.3) is 0 Å². The number of nitrogens with one attached hydrogen (secondary N) is 1. The van der Waals surface area contributed by atoms with Crippen LogP contribution in [0.4, 0.5) is 0 Å². The van der Waals surface area contributed by atoms with Crippen molar-refractivity contribution in [1.29, 1.82) is 0 Å². The first-order valence-electron chi connectivity index (χ1n) is 6.55. The molecule has 3 unspecified atom stereocenters. The van der Waals surface area contributed by atoms with Crippen molar-refractivity contribution < 1.29 is 0 Å². The topological polar surface area (TPSA) is 12.0 Å². The van der Waals surface area contributed by atoms with Crippen molar-refractivity contribution in [3.8, 4) is 0 Å². The third kappa shape index (κ3) is 5.26. The van der Waals surface area contributed by atoms with E-state index in [1.54, 1.807) is 0 Å². The molecule has 15 heavy (non-hydrogen) atoms. The van der Waals surface area contributed by atoms with E-state index in [4.69, 9.17) is 0 Å². The van der Waals surface area contributed by atoms with Crippen molar-refractivity contribution >= 4 is 11.8 Å². The van der Waals surface area contributed by atoms with Gasteiger partial charge in [-0.05, 0) is 38.9 Å². The molecule has 0 spiro atoms. The minimum atomic E-state index is 0.724. The maximum atomic E-state index is 3.79. The van der Waals surface area contributed by atoms with Crippen LogP contribution in [-0.4, -0.2) is 23.6 Å². The molecule has 0 aliphatic heterocycles. The summed E-state index contributed by atoms with van der Waals surface area (Å²) in [5, 5.41) is 4.71. The van der Waals surface area contributed by atoms with Crippen LogP contribution in [0.5, 0.6) is 0 Å². The van der Waals surface area contributed by atoms with Crippen LogP contribution in [0.1, 0.15) is 58.8 Å². The highest BCUT2D eigenvalue weighted by molar-refractivity contribution is 7.99. The molecule has 0 radical (unpaired) electrons. The van der Waals surface area contributed by atoms with Gasteiger partial charge in [-0.25, -0.2) is 0 Å². The molecule has 1 rings (SSSR count). The highest BCUT2D eigenvalue weighted by Gasteiger charge is 2.24. The third-order valence-corrected chi connectivity index (χ3v) is 4.57. The summed E-state index contributed by atoms with van der Waals surface area (Å²) >= 11 is 2.04. The average Bonchev–Trinajstić information content (AvgIpc) is 2.66. The van der Waals surface area contributed by atoms with E-state index in [-0.39, 0.29) is 0 Å². The van der Waals surface area contributed by atoms with Crippen LogP contribution in [0.15, 0.2) is 0 Å². The second-order valence-electron chi connectivity index (χ2n) is 4.93. The molecule has 1 saturated carbocycles. The van der Waals surface area contributed by atoms with Gasteiger partial charge in [0.05, 0.1) is 0 Å². The van der Waals surface area contributed by atoms with Crippen molar-refractivity contribution in [2.75, 3.05) is 6.26 Å². The van der Waals surface area contributed by atoms with Crippen LogP contribution in [0.25, 0.3) is 0 Å². The normalized spacial score (nSPS) is 28.2. The minimum Gasteiger partial charge on any atom is -0.311 e. The van der Waals surface area contributed by atoms with Gasteiger partial charge >= 0.3 is 0 Å². The Morgan fingerprint density at radius 3 is 2.73 bits per heavy atom. The van der Waals surface area contributed by atoms with Crippen molar-refractivity contribution in [1.82, 2.24) is 5.32 Å². The van der Waals surface area contributed by atoms with E-state index in [0.717, 1.165) is 17.3 Å². The summed E-state index contributed by atoms with van der Waals surface area (Å²) in [5.41, 5.74) is 0. The molecule has 0 aromatic rings. The van der Waals surface area contributed by atoms with Crippen LogP contribution >= 0.6 is 11.8 Å². The lowest BCUT2D eigenvalue weighted by Gasteiger charge is -2.19. The van der Waals surface area contributed by atoms with Crippen LogP contribution < -0.4 is 5.32 Å². The Labute approximate surface area is 99.8 Å². The Hall–Kier alpha value is 0.310. The van der Waals surface area contributed by atoms with E-state index in [9.17, 15) is 0 Å². The van der Waals surface area contributed by atoms with E-state index in [1.807, 2.05) is 11.8 Å². The Bertz CT molecular complexity index is 161. The summed E-state index contributed by atoms with van der Waals surface area (Å²) in [6.45, 7) is 4.63. The lowest BCUT2D eigenvalue weighted by molar-refractivity contribution is 0.420. The van der Waals surface area contributed by atoms with Crippen molar-refractivity contribution in [2.24, 2.45) is 0 Å². The molecule has 1 nitrogen and oxygen atoms in total. The second kappa shape index (κ2) is 7.56. The lowest BCUT2D eigenvalue weighted by Crippen LogP contribution is -2.34. The highest BCUT2D eigenvalue weighted by Crippen LogP contribution is 2.28. The second-order valence-corrected chi connectivity index (χ2v) is 6.07. The summed E-state index contributed by atoms with van der Waals surface area (Å²) in [7, 11) is 0. The fourth-order valence-electron chi connectivity index (χ4n) is 2.49. The molecule has 0 aromatic heterocycles. The fourth-order valence-corrected chi connectivity index (χ4v) is 3.29. The summed E-state index contributed by atoms with van der Waals surface area (Å²) in [5.74, 6) is 0. The summed E-state index contributed by atoms with van der Waals surface area (Å²) in [6, 6.07) is 1.53. The lowest BCUT2D eigenvalue weighted by atomic mass is 10.1. The number of hydrogen-bond donors (Lipinski definition) is 1. The van der Waals surface area contributed by atoms with E-state index < -0.39 is 0 Å². The number of rotatable bonds is 7. The smallest absolute Gasteiger partial charge is 0.00804 e. The quantitative estimate of drug-likeness (QED) is 0.666. The van der Waals surface area contributed by atoms with Crippen LogP contribution in [0, 0.1) is 0 Å². The number of thioether (sulfide) groups is 1. The fraction of sp³-hybridized carbons (Fsp3) is 1.00. The molecule has 0 heterocycles. The summed E-state index contributed by atoms with van der Waals surface area (Å²) in [6.07, 6.45) is 11.9. The number of hydrogen-bond acceptors (Lipinski definition) is 2. The van der Waals surface area contributed by atoms with Crippen LogP contribution in [0.3, 0.4) is 0 Å². The van der Waals surface area contributed by atoms with Gasteiger partial charge in [0.15, 0.2) is 0 Å². The molecular weight excluding hydrogens is 202 g/mol. The van der Waals surface area contributed by atoms with Crippen molar-refractivity contribution in [3.63, 3.8) is 0 Å². The molecule has 0 saturated heterocycles. The third-order valence-electron chi connectivity index (χ3n) is 3.48. The zero-order valence-corrected chi connectivity index (χ0v) is 11.4. The van der Waals surface area contributed by atoms with Crippen LogP contribution in [-0.2, 0) is 0 Å². The maximum absolute atomic E-state index is 3.79. The Kier molecular flexibility index (Phi) is 6.74. The van der Waals surface area contributed by atoms with Gasteiger partial charge in [0.2, 0.25) is 0 Å². The molecule has 1 aliphatic rings. The van der Waals surface area contributed by atoms with Gasteiger partial charge < -0.3 is 5.32 Å². The molecule has 1 N–H and O–H groups in total. The van der Waals surface area contributed by atoms with Gasteiger partial charge in [-0.1, -0.05) is 26.2 Å². The van der Waals surface area contributed by atoms with E-state index in [0.29, 0.717) is 0 Å². The highest BCUT2D eigenvalue weighted by atomic mass is 32.2. The maximum Gasteiger partial charge on any atom is 0.00804 e. The standard InChI is InChI=1S/C13H27NS/c1-4-5-6-7-11(2)14-12-8-9-13(10-12)15-3/h11-14H,4-10H2,1-3H3.